The molecule has 0 spiro atoms. The number of hydrogen-bond acceptors (Lipinski definition) is 3. The quantitative estimate of drug-likeness (QED) is 0.758. The first-order valence-corrected chi connectivity index (χ1v) is 7.68. The summed E-state index contributed by atoms with van der Waals surface area (Å²) in [6.45, 7) is 11.4. The van der Waals surface area contributed by atoms with E-state index in [4.69, 9.17) is 5.73 Å². The number of nitrogens with two attached hydrogens (primary N) is 1. The largest absolute Gasteiger partial charge is 0.353 e. The van der Waals surface area contributed by atoms with Gasteiger partial charge < -0.3 is 11.1 Å². The van der Waals surface area contributed by atoms with Gasteiger partial charge >= 0.3 is 0 Å². The molecule has 1 aliphatic rings. The van der Waals surface area contributed by atoms with Crippen molar-refractivity contribution in [2.45, 2.75) is 65.0 Å². The van der Waals surface area contributed by atoms with Crippen LogP contribution in [0, 0.1) is 5.92 Å². The minimum absolute atomic E-state index is 0. The van der Waals surface area contributed by atoms with Gasteiger partial charge in [-0.25, -0.2) is 0 Å². The summed E-state index contributed by atoms with van der Waals surface area (Å²) in [5.41, 5.74) is 5.32. The molecule has 1 aliphatic heterocycles. The molecule has 20 heavy (non-hydrogen) atoms. The van der Waals surface area contributed by atoms with Crippen molar-refractivity contribution >= 4 is 18.3 Å². The smallest absolute Gasteiger partial charge is 0.239 e. The molecule has 1 unspecified atom stereocenters. The summed E-state index contributed by atoms with van der Waals surface area (Å²) in [4.78, 5) is 14.6. The Morgan fingerprint density at radius 3 is 2.70 bits per heavy atom. The maximum absolute atomic E-state index is 12.1. The molecule has 0 aromatic heterocycles. The molecule has 0 aliphatic carbocycles. The highest BCUT2D eigenvalue weighted by Gasteiger charge is 2.30. The lowest BCUT2D eigenvalue weighted by molar-refractivity contribution is -0.126. The minimum Gasteiger partial charge on any atom is -0.353 e. The number of nitrogens with zero attached hydrogens (tertiary/aromatic N) is 1. The van der Waals surface area contributed by atoms with Gasteiger partial charge in [0.25, 0.3) is 0 Å². The first-order valence-electron chi connectivity index (χ1n) is 7.68. The number of carbonyl (C=O) groups excluding carboxylic acids is 1. The Labute approximate surface area is 130 Å². The molecule has 120 valence electrons. The number of rotatable bonds is 7. The number of hydrogen-bond donors (Lipinski definition) is 2. The minimum atomic E-state index is -0.726. The molecule has 2 atom stereocenters. The first kappa shape index (κ1) is 19.7. The summed E-state index contributed by atoms with van der Waals surface area (Å²) in [6.07, 6.45) is 4.09. The molecule has 0 aromatic carbocycles. The molecule has 0 radical (unpaired) electrons. The van der Waals surface area contributed by atoms with Gasteiger partial charge in [0.05, 0.1) is 5.54 Å². The molecule has 1 saturated heterocycles. The predicted octanol–water partition coefficient (Wildman–Crippen LogP) is 2.16. The van der Waals surface area contributed by atoms with Gasteiger partial charge in [0.2, 0.25) is 5.91 Å². The lowest BCUT2D eigenvalue weighted by Crippen LogP contribution is -2.53. The van der Waals surface area contributed by atoms with Gasteiger partial charge in [0, 0.05) is 19.1 Å². The second-order valence-corrected chi connectivity index (χ2v) is 6.56. The van der Waals surface area contributed by atoms with Gasteiger partial charge in [-0.05, 0) is 38.6 Å². The Hall–Kier alpha value is -0.320. The average Bonchev–Trinajstić information content (AvgIpc) is 2.72. The number of carbonyl (C=O) groups is 1. The Morgan fingerprint density at radius 1 is 1.50 bits per heavy atom. The third kappa shape index (κ3) is 5.98. The second-order valence-electron chi connectivity index (χ2n) is 6.56. The summed E-state index contributed by atoms with van der Waals surface area (Å²) in [6, 6.07) is 0.490. The van der Waals surface area contributed by atoms with Crippen LogP contribution in [0.3, 0.4) is 0 Å². The van der Waals surface area contributed by atoms with Crippen LogP contribution >= 0.6 is 12.4 Å². The van der Waals surface area contributed by atoms with Gasteiger partial charge in [-0.3, -0.25) is 9.69 Å². The molecule has 3 N–H and O–H groups in total. The number of nitrogens with one attached hydrogen (secondary N) is 1. The van der Waals surface area contributed by atoms with Crippen molar-refractivity contribution in [1.29, 1.82) is 0 Å². The lowest BCUT2D eigenvalue weighted by Gasteiger charge is -2.28. The van der Waals surface area contributed by atoms with Crippen LogP contribution in [-0.4, -0.2) is 42.0 Å². The third-order valence-corrected chi connectivity index (χ3v) is 3.89. The SMILES string of the molecule is CCCC(C)(N)C(=O)NC[C@H]1CCCN1CC(C)C.Cl. The third-order valence-electron chi connectivity index (χ3n) is 3.89. The maximum Gasteiger partial charge on any atom is 0.239 e. The van der Waals surface area contributed by atoms with E-state index in [1.54, 1.807) is 0 Å². The van der Waals surface area contributed by atoms with Crippen molar-refractivity contribution in [3.8, 4) is 0 Å². The van der Waals surface area contributed by atoms with Crippen LogP contribution in [0.1, 0.15) is 53.4 Å². The van der Waals surface area contributed by atoms with E-state index < -0.39 is 5.54 Å². The van der Waals surface area contributed by atoms with Gasteiger partial charge in [-0.2, -0.15) is 0 Å². The highest BCUT2D eigenvalue weighted by molar-refractivity contribution is 5.85. The summed E-state index contributed by atoms with van der Waals surface area (Å²) < 4.78 is 0. The fourth-order valence-corrected chi connectivity index (χ4v) is 2.88. The average molecular weight is 306 g/mol. The van der Waals surface area contributed by atoms with Crippen LogP contribution in [-0.2, 0) is 4.79 Å². The zero-order valence-corrected chi connectivity index (χ0v) is 14.3. The van der Waals surface area contributed by atoms with E-state index in [1.165, 1.54) is 12.8 Å². The van der Waals surface area contributed by atoms with Crippen molar-refractivity contribution < 1.29 is 4.79 Å². The van der Waals surface area contributed by atoms with E-state index in [9.17, 15) is 4.79 Å². The maximum atomic E-state index is 12.1. The molecule has 1 heterocycles. The topological polar surface area (TPSA) is 58.4 Å². The zero-order chi connectivity index (χ0) is 14.5. The molecule has 1 fully saturated rings. The normalized spacial score (nSPS) is 22.4. The van der Waals surface area contributed by atoms with Crippen LogP contribution in [0.4, 0.5) is 0 Å². The van der Waals surface area contributed by atoms with E-state index >= 15 is 0 Å². The molecular weight excluding hydrogens is 274 g/mol. The summed E-state index contributed by atoms with van der Waals surface area (Å²) in [5.74, 6) is 0.668. The molecule has 5 heteroatoms. The Bertz CT molecular complexity index is 295. The predicted molar refractivity (Wildman–Crippen MR) is 87.2 cm³/mol. The van der Waals surface area contributed by atoms with Crippen LogP contribution in [0.25, 0.3) is 0 Å². The van der Waals surface area contributed by atoms with Crippen LogP contribution < -0.4 is 11.1 Å². The van der Waals surface area contributed by atoms with Gasteiger partial charge in [-0.1, -0.05) is 27.2 Å². The van der Waals surface area contributed by atoms with Crippen molar-refractivity contribution in [1.82, 2.24) is 10.2 Å². The summed E-state index contributed by atoms with van der Waals surface area (Å²) >= 11 is 0. The van der Waals surface area contributed by atoms with Crippen LogP contribution in [0.15, 0.2) is 0 Å². The number of likely N-dealkylation sites (tertiary alicyclic amines) is 1. The molecule has 0 saturated carbocycles. The molecule has 4 nitrogen and oxygen atoms in total. The molecule has 1 amide bonds. The second kappa shape index (κ2) is 8.85. The van der Waals surface area contributed by atoms with Gasteiger partial charge in [0.1, 0.15) is 0 Å². The van der Waals surface area contributed by atoms with Crippen LogP contribution in [0.5, 0.6) is 0 Å². The Morgan fingerprint density at radius 2 is 2.15 bits per heavy atom. The van der Waals surface area contributed by atoms with Crippen molar-refractivity contribution in [3.05, 3.63) is 0 Å². The number of halogens is 1. The zero-order valence-electron chi connectivity index (χ0n) is 13.4. The molecule has 0 bridgehead atoms. The fourth-order valence-electron chi connectivity index (χ4n) is 2.88. The van der Waals surface area contributed by atoms with Crippen molar-refractivity contribution in [3.63, 3.8) is 0 Å². The van der Waals surface area contributed by atoms with Gasteiger partial charge in [0.15, 0.2) is 0 Å². The molecule has 0 aromatic rings. The number of amides is 1. The van der Waals surface area contributed by atoms with E-state index in [0.717, 1.165) is 32.5 Å². The monoisotopic (exact) mass is 305 g/mol. The Kier molecular flexibility index (Phi) is 8.71. The van der Waals surface area contributed by atoms with Crippen LogP contribution in [0.2, 0.25) is 0 Å². The van der Waals surface area contributed by atoms with E-state index in [-0.39, 0.29) is 18.3 Å². The van der Waals surface area contributed by atoms with Gasteiger partial charge in [-0.15, -0.1) is 12.4 Å². The summed E-state index contributed by atoms with van der Waals surface area (Å²) in [7, 11) is 0. The molecule has 1 rings (SSSR count). The highest BCUT2D eigenvalue weighted by atomic mass is 35.5. The van der Waals surface area contributed by atoms with Crippen molar-refractivity contribution in [2.24, 2.45) is 11.7 Å². The van der Waals surface area contributed by atoms with E-state index in [2.05, 4.69) is 31.0 Å². The first-order chi connectivity index (χ1) is 8.86. The highest BCUT2D eigenvalue weighted by Crippen LogP contribution is 2.18. The van der Waals surface area contributed by atoms with Crippen molar-refractivity contribution in [2.75, 3.05) is 19.6 Å². The molecular formula is C15H32ClN3O. The standard InChI is InChI=1S/C15H31N3O.ClH/c1-5-8-15(4,16)14(19)17-10-13-7-6-9-18(13)11-12(2)3;/h12-13H,5-11,16H2,1-4H3,(H,17,19);1H/t13-,15?;/m1./s1. The van der Waals surface area contributed by atoms with E-state index in [0.29, 0.717) is 12.0 Å². The fraction of sp³-hybridized carbons (Fsp3) is 0.933. The van der Waals surface area contributed by atoms with E-state index in [1.807, 2.05) is 6.92 Å². The Balaban J connectivity index is 0.00000361. The lowest BCUT2D eigenvalue weighted by atomic mass is 9.96. The summed E-state index contributed by atoms with van der Waals surface area (Å²) in [5, 5.41) is 3.05.